The summed E-state index contributed by atoms with van der Waals surface area (Å²) in [5.41, 5.74) is 0.616. The minimum atomic E-state index is -1.04. The van der Waals surface area contributed by atoms with Crippen LogP contribution in [0.25, 0.3) is 5.52 Å². The van der Waals surface area contributed by atoms with Gasteiger partial charge in [-0.15, -0.1) is 5.10 Å². The first-order valence-electron chi connectivity index (χ1n) is 3.98. The number of aromatic carboxylic acids is 1. The second kappa shape index (κ2) is 3.02. The highest BCUT2D eigenvalue weighted by atomic mass is 16.5. The Morgan fingerprint density at radius 2 is 2.36 bits per heavy atom. The first-order valence-corrected chi connectivity index (χ1v) is 3.98. The molecule has 0 aliphatic carbocycles. The van der Waals surface area contributed by atoms with Crippen molar-refractivity contribution in [3.63, 3.8) is 0 Å². The Bertz CT molecular complexity index is 490. The largest absolute Gasteiger partial charge is 0.479 e. The molecule has 0 aliphatic heterocycles. The third-order valence-electron chi connectivity index (χ3n) is 1.92. The minimum absolute atomic E-state index is 0.0908. The lowest BCUT2D eigenvalue weighted by Crippen LogP contribution is -1.98. The number of fused-ring (bicyclic) bond motifs is 1. The van der Waals surface area contributed by atoms with Crippen molar-refractivity contribution in [1.29, 1.82) is 0 Å². The summed E-state index contributed by atoms with van der Waals surface area (Å²) < 4.78 is 6.35. The van der Waals surface area contributed by atoms with Crippen LogP contribution < -0.4 is 4.74 Å². The van der Waals surface area contributed by atoms with Crippen LogP contribution in [0.1, 0.15) is 10.4 Å². The number of hydrogen-bond donors (Lipinski definition) is 1. The van der Waals surface area contributed by atoms with E-state index in [1.54, 1.807) is 24.4 Å². The molecule has 0 radical (unpaired) electrons. The van der Waals surface area contributed by atoms with Crippen molar-refractivity contribution in [2.45, 2.75) is 0 Å². The van der Waals surface area contributed by atoms with E-state index < -0.39 is 5.97 Å². The van der Waals surface area contributed by atoms with Gasteiger partial charge in [-0.05, 0) is 12.1 Å². The summed E-state index contributed by atoms with van der Waals surface area (Å²) in [6, 6.07) is 5.20. The van der Waals surface area contributed by atoms with Gasteiger partial charge in [0.2, 0.25) is 5.88 Å². The predicted molar refractivity (Wildman–Crippen MR) is 48.7 cm³/mol. The van der Waals surface area contributed by atoms with Gasteiger partial charge in [0.05, 0.1) is 12.6 Å². The van der Waals surface area contributed by atoms with Crippen LogP contribution in [0.2, 0.25) is 0 Å². The number of carboxylic acids is 1. The summed E-state index contributed by atoms with van der Waals surface area (Å²) in [7, 11) is 1.40. The lowest BCUT2D eigenvalue weighted by molar-refractivity contribution is 0.0695. The van der Waals surface area contributed by atoms with Crippen LogP contribution >= 0.6 is 0 Å². The van der Waals surface area contributed by atoms with E-state index in [4.69, 9.17) is 9.84 Å². The fraction of sp³-hybridized carbons (Fsp3) is 0.111. The van der Waals surface area contributed by atoms with Crippen LogP contribution in [0, 0.1) is 0 Å². The summed E-state index contributed by atoms with van der Waals surface area (Å²) in [6.07, 6.45) is 1.67. The summed E-state index contributed by atoms with van der Waals surface area (Å²) in [5.74, 6) is -0.910. The van der Waals surface area contributed by atoms with E-state index in [0.717, 1.165) is 0 Å². The lowest BCUT2D eigenvalue weighted by atomic mass is 10.2. The van der Waals surface area contributed by atoms with E-state index in [1.165, 1.54) is 11.6 Å². The van der Waals surface area contributed by atoms with Crippen molar-refractivity contribution in [1.82, 2.24) is 9.61 Å². The van der Waals surface area contributed by atoms with Crippen molar-refractivity contribution in [3.05, 3.63) is 30.0 Å². The summed E-state index contributed by atoms with van der Waals surface area (Å²) in [6.45, 7) is 0. The van der Waals surface area contributed by atoms with Crippen LogP contribution in [0.5, 0.6) is 5.88 Å². The van der Waals surface area contributed by atoms with Gasteiger partial charge in [0.15, 0.2) is 0 Å². The molecule has 72 valence electrons. The van der Waals surface area contributed by atoms with Gasteiger partial charge in [0.25, 0.3) is 0 Å². The Morgan fingerprint density at radius 3 is 3.00 bits per heavy atom. The molecule has 0 unspecified atom stereocenters. The molecule has 0 aliphatic rings. The topological polar surface area (TPSA) is 63.8 Å². The second-order valence-electron chi connectivity index (χ2n) is 2.72. The number of ether oxygens (including phenoxy) is 1. The lowest BCUT2D eigenvalue weighted by Gasteiger charge is -1.93. The smallest absolute Gasteiger partial charge is 0.343 e. The third kappa shape index (κ3) is 1.10. The van der Waals surface area contributed by atoms with Gasteiger partial charge in [-0.25, -0.2) is 9.31 Å². The average Bonchev–Trinajstić information content (AvgIpc) is 2.55. The maximum Gasteiger partial charge on any atom is 0.343 e. The van der Waals surface area contributed by atoms with E-state index >= 15 is 0 Å². The monoisotopic (exact) mass is 192 g/mol. The molecule has 0 atom stereocenters. The fourth-order valence-electron chi connectivity index (χ4n) is 1.32. The third-order valence-corrected chi connectivity index (χ3v) is 1.92. The molecule has 1 N–H and O–H groups in total. The number of carbonyl (C=O) groups is 1. The Morgan fingerprint density at radius 1 is 1.57 bits per heavy atom. The van der Waals surface area contributed by atoms with E-state index in [0.29, 0.717) is 5.52 Å². The van der Waals surface area contributed by atoms with Crippen LogP contribution in [0.15, 0.2) is 24.4 Å². The highest BCUT2D eigenvalue weighted by molar-refractivity contribution is 5.98. The van der Waals surface area contributed by atoms with Crippen molar-refractivity contribution >= 4 is 11.5 Å². The fourth-order valence-corrected chi connectivity index (χ4v) is 1.32. The zero-order chi connectivity index (χ0) is 10.1. The molecule has 2 aromatic rings. The number of nitrogens with zero attached hydrogens (tertiary/aromatic N) is 2. The van der Waals surface area contributed by atoms with E-state index in [-0.39, 0.29) is 11.4 Å². The molecule has 0 saturated heterocycles. The van der Waals surface area contributed by atoms with Crippen molar-refractivity contribution < 1.29 is 14.6 Å². The Kier molecular flexibility index (Phi) is 1.85. The number of hydrogen-bond acceptors (Lipinski definition) is 3. The average molecular weight is 192 g/mol. The van der Waals surface area contributed by atoms with Gasteiger partial charge in [0.1, 0.15) is 5.56 Å². The van der Waals surface area contributed by atoms with Gasteiger partial charge in [-0.1, -0.05) is 6.07 Å². The van der Waals surface area contributed by atoms with E-state index in [1.807, 2.05) is 0 Å². The van der Waals surface area contributed by atoms with Crippen molar-refractivity contribution in [2.75, 3.05) is 7.11 Å². The maximum atomic E-state index is 10.9. The molecular weight excluding hydrogens is 184 g/mol. The van der Waals surface area contributed by atoms with Gasteiger partial charge in [-0.2, -0.15) is 0 Å². The molecular formula is C9H8N2O3. The molecule has 0 amide bonds. The van der Waals surface area contributed by atoms with Crippen LogP contribution in [-0.2, 0) is 0 Å². The van der Waals surface area contributed by atoms with E-state index in [9.17, 15) is 4.79 Å². The molecule has 2 aromatic heterocycles. The molecule has 0 bridgehead atoms. The number of rotatable bonds is 2. The molecule has 0 aromatic carbocycles. The van der Waals surface area contributed by atoms with Gasteiger partial charge in [-0.3, -0.25) is 0 Å². The highest BCUT2D eigenvalue weighted by Gasteiger charge is 2.18. The van der Waals surface area contributed by atoms with Crippen molar-refractivity contribution in [3.8, 4) is 5.88 Å². The SMILES string of the molecule is COc1nn2ccccc2c1C(=O)O. The first kappa shape index (κ1) is 8.55. The Hall–Kier alpha value is -2.04. The Labute approximate surface area is 79.5 Å². The minimum Gasteiger partial charge on any atom is -0.479 e. The van der Waals surface area contributed by atoms with Gasteiger partial charge < -0.3 is 9.84 Å². The standard InChI is InChI=1S/C9H8N2O3/c1-14-8-7(9(12)13)6-4-2-3-5-11(6)10-8/h2-5H,1H3,(H,12,13). The molecule has 0 spiro atoms. The first-order chi connectivity index (χ1) is 6.74. The van der Waals surface area contributed by atoms with Crippen molar-refractivity contribution in [2.24, 2.45) is 0 Å². The summed E-state index contributed by atoms with van der Waals surface area (Å²) in [4.78, 5) is 10.9. The molecule has 0 saturated carbocycles. The summed E-state index contributed by atoms with van der Waals surface area (Å²) >= 11 is 0. The Balaban J connectivity index is 2.81. The molecule has 14 heavy (non-hydrogen) atoms. The number of methoxy groups -OCH3 is 1. The molecule has 2 heterocycles. The number of aromatic nitrogens is 2. The second-order valence-corrected chi connectivity index (χ2v) is 2.72. The normalized spacial score (nSPS) is 10.4. The van der Waals surface area contributed by atoms with E-state index in [2.05, 4.69) is 5.10 Å². The zero-order valence-corrected chi connectivity index (χ0v) is 7.47. The number of carboxylic acid groups (broad SMARTS) is 1. The zero-order valence-electron chi connectivity index (χ0n) is 7.47. The van der Waals surface area contributed by atoms with Gasteiger partial charge >= 0.3 is 5.97 Å². The van der Waals surface area contributed by atoms with Crippen LogP contribution in [0.3, 0.4) is 0 Å². The summed E-state index contributed by atoms with van der Waals surface area (Å²) in [5, 5.41) is 12.9. The number of pyridine rings is 1. The van der Waals surface area contributed by atoms with Crippen LogP contribution in [-0.4, -0.2) is 27.8 Å². The predicted octanol–water partition coefficient (Wildman–Crippen LogP) is 1.04. The molecule has 2 rings (SSSR count). The van der Waals surface area contributed by atoms with Gasteiger partial charge in [0, 0.05) is 6.20 Å². The quantitative estimate of drug-likeness (QED) is 0.772. The maximum absolute atomic E-state index is 10.9. The molecule has 5 heteroatoms. The van der Waals surface area contributed by atoms with Crippen LogP contribution in [0.4, 0.5) is 0 Å². The molecule has 5 nitrogen and oxygen atoms in total. The highest BCUT2D eigenvalue weighted by Crippen LogP contribution is 2.21. The molecule has 0 fully saturated rings.